The summed E-state index contributed by atoms with van der Waals surface area (Å²) in [4.78, 5) is 12.0. The molecule has 2 rings (SSSR count). The van der Waals surface area contributed by atoms with Gasteiger partial charge in [0, 0.05) is 19.7 Å². The Bertz CT molecular complexity index is 755. The summed E-state index contributed by atoms with van der Waals surface area (Å²) in [5, 5.41) is 12.5. The molecule has 26 heavy (non-hydrogen) atoms. The molecule has 0 fully saturated rings. The molecule has 2 aromatic rings. The van der Waals surface area contributed by atoms with Crippen molar-refractivity contribution in [3.05, 3.63) is 59.7 Å². The highest BCUT2D eigenvalue weighted by molar-refractivity contribution is 5.91. The third kappa shape index (κ3) is 5.26. The summed E-state index contributed by atoms with van der Waals surface area (Å²) in [5.74, 6) is 0.914. The number of benzene rings is 2. The first-order valence-corrected chi connectivity index (χ1v) is 8.07. The molecule has 0 bridgehead atoms. The molecule has 1 atom stereocenters. The summed E-state index contributed by atoms with van der Waals surface area (Å²) in [6.07, 6.45) is 2.76. The average Bonchev–Trinajstić information content (AvgIpc) is 2.67. The van der Waals surface area contributed by atoms with Crippen molar-refractivity contribution in [2.24, 2.45) is 0 Å². The van der Waals surface area contributed by atoms with E-state index in [-0.39, 0.29) is 17.8 Å². The Morgan fingerprint density at radius 3 is 2.42 bits per heavy atom. The van der Waals surface area contributed by atoms with Gasteiger partial charge in [0.1, 0.15) is 5.75 Å². The van der Waals surface area contributed by atoms with E-state index < -0.39 is 0 Å². The molecule has 6 heteroatoms. The van der Waals surface area contributed by atoms with Crippen LogP contribution >= 0.6 is 0 Å². The molecule has 1 amide bonds. The molecule has 0 radical (unpaired) electrons. The van der Waals surface area contributed by atoms with E-state index in [1.165, 1.54) is 19.3 Å². The van der Waals surface area contributed by atoms with Gasteiger partial charge < -0.3 is 24.6 Å². The third-order valence-corrected chi connectivity index (χ3v) is 3.86. The molecule has 0 saturated heterocycles. The summed E-state index contributed by atoms with van der Waals surface area (Å²) in [7, 11) is 4.68. The fraction of sp³-hybridized carbons (Fsp3) is 0.250. The normalized spacial score (nSPS) is 12.0. The van der Waals surface area contributed by atoms with Gasteiger partial charge in [-0.1, -0.05) is 18.2 Å². The second-order valence-corrected chi connectivity index (χ2v) is 5.51. The van der Waals surface area contributed by atoms with Crippen molar-refractivity contribution < 1.29 is 24.1 Å². The zero-order valence-electron chi connectivity index (χ0n) is 15.1. The minimum atomic E-state index is -0.261. The Labute approximate surface area is 153 Å². The largest absolute Gasteiger partial charge is 0.504 e. The van der Waals surface area contributed by atoms with Crippen LogP contribution in [0.15, 0.2) is 48.5 Å². The number of carbonyl (C=O) groups is 1. The molecule has 0 unspecified atom stereocenters. The molecule has 2 N–H and O–H groups in total. The van der Waals surface area contributed by atoms with Gasteiger partial charge in [-0.3, -0.25) is 4.79 Å². The number of methoxy groups -OCH3 is 3. The summed E-state index contributed by atoms with van der Waals surface area (Å²) < 4.78 is 15.6. The predicted molar refractivity (Wildman–Crippen MR) is 99.4 cm³/mol. The number of nitrogens with one attached hydrogen (secondary N) is 1. The number of carbonyl (C=O) groups excluding carboxylic acids is 1. The van der Waals surface area contributed by atoms with Gasteiger partial charge in [-0.15, -0.1) is 0 Å². The second-order valence-electron chi connectivity index (χ2n) is 5.51. The van der Waals surface area contributed by atoms with Gasteiger partial charge in [0.2, 0.25) is 5.91 Å². The summed E-state index contributed by atoms with van der Waals surface area (Å²) >= 11 is 0. The fourth-order valence-corrected chi connectivity index (χ4v) is 2.39. The lowest BCUT2D eigenvalue weighted by atomic mass is 10.1. The van der Waals surface area contributed by atoms with Crippen molar-refractivity contribution in [1.82, 2.24) is 5.32 Å². The molecule has 0 aliphatic rings. The van der Waals surface area contributed by atoms with Gasteiger partial charge in [-0.05, 0) is 41.5 Å². The van der Waals surface area contributed by atoms with Crippen LogP contribution in [0, 0.1) is 0 Å². The van der Waals surface area contributed by atoms with Crippen LogP contribution in [-0.4, -0.2) is 38.9 Å². The molecule has 0 spiro atoms. The molecule has 0 aromatic heterocycles. The predicted octanol–water partition coefficient (Wildman–Crippen LogP) is 2.93. The van der Waals surface area contributed by atoms with Crippen molar-refractivity contribution in [3.8, 4) is 17.2 Å². The smallest absolute Gasteiger partial charge is 0.244 e. The van der Waals surface area contributed by atoms with Gasteiger partial charge in [-0.2, -0.15) is 0 Å². The number of ether oxygens (including phenoxy) is 3. The molecule has 0 heterocycles. The van der Waals surface area contributed by atoms with Gasteiger partial charge in [0.25, 0.3) is 0 Å². The van der Waals surface area contributed by atoms with E-state index in [9.17, 15) is 9.90 Å². The van der Waals surface area contributed by atoms with Gasteiger partial charge in [-0.25, -0.2) is 0 Å². The minimum Gasteiger partial charge on any atom is -0.504 e. The van der Waals surface area contributed by atoms with Gasteiger partial charge in [0.05, 0.1) is 20.3 Å². The number of aromatic hydroxyl groups is 1. The molecule has 0 saturated carbocycles. The van der Waals surface area contributed by atoms with Crippen LogP contribution in [-0.2, 0) is 9.53 Å². The number of rotatable bonds is 8. The van der Waals surface area contributed by atoms with Crippen molar-refractivity contribution in [1.29, 1.82) is 0 Å². The van der Waals surface area contributed by atoms with Crippen LogP contribution in [0.5, 0.6) is 17.2 Å². The number of amides is 1. The first-order valence-electron chi connectivity index (χ1n) is 8.07. The van der Waals surface area contributed by atoms with E-state index in [1.807, 2.05) is 24.3 Å². The minimum absolute atomic E-state index is 0.0222. The topological polar surface area (TPSA) is 77.0 Å². The van der Waals surface area contributed by atoms with Crippen molar-refractivity contribution in [2.75, 3.05) is 27.9 Å². The van der Waals surface area contributed by atoms with E-state index >= 15 is 0 Å². The second kappa shape index (κ2) is 9.48. The maximum Gasteiger partial charge on any atom is 0.244 e. The fourth-order valence-electron chi connectivity index (χ4n) is 2.39. The zero-order chi connectivity index (χ0) is 18.9. The van der Waals surface area contributed by atoms with Crippen LogP contribution in [0.1, 0.15) is 17.2 Å². The molecule has 2 aromatic carbocycles. The molecule has 6 nitrogen and oxygen atoms in total. The van der Waals surface area contributed by atoms with Crippen molar-refractivity contribution in [3.63, 3.8) is 0 Å². The molecule has 138 valence electrons. The number of hydrogen-bond acceptors (Lipinski definition) is 5. The highest BCUT2D eigenvalue weighted by Crippen LogP contribution is 2.26. The Morgan fingerprint density at radius 2 is 1.85 bits per heavy atom. The quantitative estimate of drug-likeness (QED) is 0.711. The highest BCUT2D eigenvalue weighted by Gasteiger charge is 2.11. The van der Waals surface area contributed by atoms with Crippen molar-refractivity contribution >= 4 is 12.0 Å². The van der Waals surface area contributed by atoms with E-state index in [1.54, 1.807) is 32.4 Å². The standard InChI is InChI=1S/C20H23NO5/c1-24-16-8-6-15(7-9-16)19(26-3)13-21-20(23)11-5-14-4-10-18(25-2)17(22)12-14/h4-12,19,22H,13H2,1-3H3,(H,21,23)/b11-5+/t19-/m1/s1. The average molecular weight is 357 g/mol. The molecular formula is C20H23NO5. The zero-order valence-corrected chi connectivity index (χ0v) is 15.1. The monoisotopic (exact) mass is 357 g/mol. The number of hydrogen-bond donors (Lipinski definition) is 2. The van der Waals surface area contributed by atoms with E-state index in [4.69, 9.17) is 14.2 Å². The lowest BCUT2D eigenvalue weighted by molar-refractivity contribution is -0.117. The molecular weight excluding hydrogens is 334 g/mol. The lowest BCUT2D eigenvalue weighted by Crippen LogP contribution is -2.27. The van der Waals surface area contributed by atoms with Crippen LogP contribution in [0.3, 0.4) is 0 Å². The molecule has 0 aliphatic heterocycles. The first kappa shape index (κ1) is 19.3. The number of phenols is 1. The Hall–Kier alpha value is -2.99. The Balaban J connectivity index is 1.92. The number of phenolic OH excluding ortho intramolecular Hbond substituents is 1. The SMILES string of the molecule is COc1ccc([C@@H](CNC(=O)/C=C/c2ccc(OC)c(O)c2)OC)cc1. The maximum atomic E-state index is 12.0. The lowest BCUT2D eigenvalue weighted by Gasteiger charge is -2.16. The summed E-state index contributed by atoms with van der Waals surface area (Å²) in [6, 6.07) is 12.4. The van der Waals surface area contributed by atoms with Crippen LogP contribution < -0.4 is 14.8 Å². The highest BCUT2D eigenvalue weighted by atomic mass is 16.5. The van der Waals surface area contributed by atoms with E-state index in [0.29, 0.717) is 17.9 Å². The van der Waals surface area contributed by atoms with Crippen molar-refractivity contribution in [2.45, 2.75) is 6.10 Å². The Kier molecular flexibility index (Phi) is 7.05. The van der Waals surface area contributed by atoms with Gasteiger partial charge >= 0.3 is 0 Å². The summed E-state index contributed by atoms with van der Waals surface area (Å²) in [5.41, 5.74) is 1.63. The third-order valence-electron chi connectivity index (χ3n) is 3.86. The summed E-state index contributed by atoms with van der Waals surface area (Å²) in [6.45, 7) is 0.333. The maximum absolute atomic E-state index is 12.0. The van der Waals surface area contributed by atoms with Crippen LogP contribution in [0.25, 0.3) is 6.08 Å². The van der Waals surface area contributed by atoms with Crippen LogP contribution in [0.4, 0.5) is 0 Å². The molecule has 0 aliphatic carbocycles. The van der Waals surface area contributed by atoms with E-state index in [0.717, 1.165) is 11.3 Å². The Morgan fingerprint density at radius 1 is 1.12 bits per heavy atom. The van der Waals surface area contributed by atoms with E-state index in [2.05, 4.69) is 5.32 Å². The van der Waals surface area contributed by atoms with Gasteiger partial charge in [0.15, 0.2) is 11.5 Å². The van der Waals surface area contributed by atoms with Crippen LogP contribution in [0.2, 0.25) is 0 Å². The first-order chi connectivity index (χ1) is 12.6.